The van der Waals surface area contributed by atoms with Crippen LogP contribution in [-0.2, 0) is 0 Å². The molecule has 0 aliphatic rings. The van der Waals surface area contributed by atoms with Gasteiger partial charge in [0, 0.05) is 23.6 Å². The van der Waals surface area contributed by atoms with Gasteiger partial charge in [-0.15, -0.1) is 0 Å². The van der Waals surface area contributed by atoms with E-state index >= 15 is 0 Å². The molecule has 0 radical (unpaired) electrons. The van der Waals surface area contributed by atoms with Gasteiger partial charge in [-0.2, -0.15) is 0 Å². The first-order valence-electron chi connectivity index (χ1n) is 7.79. The normalized spacial score (nSPS) is 10.0. The zero-order valence-corrected chi connectivity index (χ0v) is 14.0. The number of hydrogen-bond acceptors (Lipinski definition) is 5. The highest BCUT2D eigenvalue weighted by molar-refractivity contribution is 6.07. The number of benzene rings is 1. The molecule has 2 amide bonds. The lowest BCUT2D eigenvalue weighted by atomic mass is 10.2. The SMILES string of the molecule is COc1ncccc1C(=O)Nc1ccc(C(=O)Nc2cccnc2)cc1. The molecule has 130 valence electrons. The Balaban J connectivity index is 1.68. The maximum absolute atomic E-state index is 12.3. The molecule has 2 N–H and O–H groups in total. The quantitative estimate of drug-likeness (QED) is 0.739. The van der Waals surface area contributed by atoms with Gasteiger partial charge in [0.25, 0.3) is 11.8 Å². The molecule has 0 saturated heterocycles. The molecule has 1 aromatic carbocycles. The van der Waals surface area contributed by atoms with E-state index in [0.717, 1.165) is 0 Å². The third-order valence-corrected chi connectivity index (χ3v) is 3.53. The van der Waals surface area contributed by atoms with Gasteiger partial charge in [-0.1, -0.05) is 0 Å². The third kappa shape index (κ3) is 4.02. The molecule has 0 bridgehead atoms. The number of pyridine rings is 2. The molecule has 3 aromatic rings. The summed E-state index contributed by atoms with van der Waals surface area (Å²) in [5, 5.41) is 5.49. The number of nitrogens with zero attached hydrogens (tertiary/aromatic N) is 2. The van der Waals surface area contributed by atoms with E-state index in [2.05, 4.69) is 20.6 Å². The van der Waals surface area contributed by atoms with Crippen LogP contribution in [0.15, 0.2) is 67.1 Å². The third-order valence-electron chi connectivity index (χ3n) is 3.53. The van der Waals surface area contributed by atoms with Crippen LogP contribution < -0.4 is 15.4 Å². The molecular weight excluding hydrogens is 332 g/mol. The number of ether oxygens (including phenoxy) is 1. The van der Waals surface area contributed by atoms with Gasteiger partial charge >= 0.3 is 0 Å². The predicted octanol–water partition coefficient (Wildman–Crippen LogP) is 2.99. The first kappa shape index (κ1) is 17.1. The molecule has 0 atom stereocenters. The lowest BCUT2D eigenvalue weighted by Gasteiger charge is -2.09. The summed E-state index contributed by atoms with van der Waals surface area (Å²) in [7, 11) is 1.45. The molecule has 0 unspecified atom stereocenters. The van der Waals surface area contributed by atoms with Crippen LogP contribution in [0.4, 0.5) is 11.4 Å². The summed E-state index contributed by atoms with van der Waals surface area (Å²) in [5.74, 6) is -0.357. The van der Waals surface area contributed by atoms with E-state index in [-0.39, 0.29) is 17.7 Å². The number of carbonyl (C=O) groups is 2. The lowest BCUT2D eigenvalue weighted by Crippen LogP contribution is -2.14. The van der Waals surface area contributed by atoms with Gasteiger partial charge in [0.15, 0.2) is 0 Å². The topological polar surface area (TPSA) is 93.2 Å². The average molecular weight is 348 g/mol. The van der Waals surface area contributed by atoms with Crippen LogP contribution in [0.3, 0.4) is 0 Å². The maximum atomic E-state index is 12.3. The number of carbonyl (C=O) groups excluding carboxylic acids is 2. The first-order valence-corrected chi connectivity index (χ1v) is 7.79. The minimum absolute atomic E-state index is 0.248. The fraction of sp³-hybridized carbons (Fsp3) is 0.0526. The number of anilines is 2. The van der Waals surface area contributed by atoms with Crippen LogP contribution in [0.25, 0.3) is 0 Å². The summed E-state index contributed by atoms with van der Waals surface area (Å²) in [6, 6.07) is 13.3. The molecule has 2 heterocycles. The van der Waals surface area contributed by atoms with Crippen molar-refractivity contribution in [2.75, 3.05) is 17.7 Å². The number of hydrogen-bond donors (Lipinski definition) is 2. The Morgan fingerprint density at radius 3 is 2.31 bits per heavy atom. The van der Waals surface area contributed by atoms with E-state index in [1.807, 2.05) is 0 Å². The molecule has 7 heteroatoms. The summed E-state index contributed by atoms with van der Waals surface area (Å²) >= 11 is 0. The second-order valence-corrected chi connectivity index (χ2v) is 5.29. The molecule has 0 spiro atoms. The first-order chi connectivity index (χ1) is 12.7. The summed E-state index contributed by atoms with van der Waals surface area (Å²) in [6.45, 7) is 0. The molecule has 7 nitrogen and oxygen atoms in total. The number of nitrogens with one attached hydrogen (secondary N) is 2. The van der Waals surface area contributed by atoms with E-state index in [1.165, 1.54) is 7.11 Å². The smallest absolute Gasteiger partial charge is 0.261 e. The summed E-state index contributed by atoms with van der Waals surface area (Å²) < 4.78 is 5.08. The van der Waals surface area contributed by atoms with E-state index < -0.39 is 0 Å². The second-order valence-electron chi connectivity index (χ2n) is 5.29. The fourth-order valence-corrected chi connectivity index (χ4v) is 2.27. The van der Waals surface area contributed by atoms with Crippen molar-refractivity contribution in [2.45, 2.75) is 0 Å². The molecule has 0 saturated carbocycles. The Labute approximate surface area is 150 Å². The molecule has 0 fully saturated rings. The molecular formula is C19H16N4O3. The van der Waals surface area contributed by atoms with Gasteiger partial charge < -0.3 is 15.4 Å². The van der Waals surface area contributed by atoms with Crippen LogP contribution >= 0.6 is 0 Å². The minimum Gasteiger partial charge on any atom is -0.480 e. The molecule has 2 aromatic heterocycles. The Hall–Kier alpha value is -3.74. The van der Waals surface area contributed by atoms with E-state index in [0.29, 0.717) is 22.5 Å². The second kappa shape index (κ2) is 7.89. The zero-order chi connectivity index (χ0) is 18.4. The summed E-state index contributed by atoms with van der Waals surface area (Å²) in [6.07, 6.45) is 4.74. The molecule has 26 heavy (non-hydrogen) atoms. The highest BCUT2D eigenvalue weighted by Crippen LogP contribution is 2.17. The van der Waals surface area contributed by atoms with Gasteiger partial charge in [-0.3, -0.25) is 14.6 Å². The van der Waals surface area contributed by atoms with Crippen molar-refractivity contribution < 1.29 is 14.3 Å². The Morgan fingerprint density at radius 2 is 1.62 bits per heavy atom. The Kier molecular flexibility index (Phi) is 5.19. The van der Waals surface area contributed by atoms with E-state index in [4.69, 9.17) is 4.74 Å². The van der Waals surface area contributed by atoms with Gasteiger partial charge in [0.1, 0.15) is 5.56 Å². The Morgan fingerprint density at radius 1 is 0.885 bits per heavy atom. The van der Waals surface area contributed by atoms with Gasteiger partial charge in [0.2, 0.25) is 5.88 Å². The highest BCUT2D eigenvalue weighted by atomic mass is 16.5. The minimum atomic E-state index is -0.345. The number of amides is 2. The number of aromatic nitrogens is 2. The summed E-state index contributed by atoms with van der Waals surface area (Å²) in [4.78, 5) is 32.5. The molecule has 0 aliphatic carbocycles. The monoisotopic (exact) mass is 348 g/mol. The largest absolute Gasteiger partial charge is 0.480 e. The van der Waals surface area contributed by atoms with Crippen LogP contribution in [0.2, 0.25) is 0 Å². The van der Waals surface area contributed by atoms with Crippen molar-refractivity contribution in [3.63, 3.8) is 0 Å². The van der Waals surface area contributed by atoms with Crippen LogP contribution in [-0.4, -0.2) is 28.9 Å². The van der Waals surface area contributed by atoms with Crippen molar-refractivity contribution in [2.24, 2.45) is 0 Å². The maximum Gasteiger partial charge on any atom is 0.261 e. The number of rotatable bonds is 5. The van der Waals surface area contributed by atoms with Crippen molar-refractivity contribution in [1.29, 1.82) is 0 Å². The zero-order valence-electron chi connectivity index (χ0n) is 14.0. The van der Waals surface area contributed by atoms with Crippen molar-refractivity contribution in [3.8, 4) is 5.88 Å². The van der Waals surface area contributed by atoms with E-state index in [9.17, 15) is 9.59 Å². The van der Waals surface area contributed by atoms with Crippen LogP contribution in [0, 0.1) is 0 Å². The predicted molar refractivity (Wildman–Crippen MR) is 97.4 cm³/mol. The van der Waals surface area contributed by atoms with Gasteiger partial charge in [-0.05, 0) is 48.5 Å². The van der Waals surface area contributed by atoms with Crippen LogP contribution in [0.1, 0.15) is 20.7 Å². The lowest BCUT2D eigenvalue weighted by molar-refractivity contribution is 0.101. The van der Waals surface area contributed by atoms with Crippen LogP contribution in [0.5, 0.6) is 5.88 Å². The van der Waals surface area contributed by atoms with E-state index in [1.54, 1.807) is 67.1 Å². The van der Waals surface area contributed by atoms with Crippen molar-refractivity contribution >= 4 is 23.2 Å². The summed E-state index contributed by atoms with van der Waals surface area (Å²) in [5.41, 5.74) is 1.96. The highest BCUT2D eigenvalue weighted by Gasteiger charge is 2.13. The van der Waals surface area contributed by atoms with Crippen molar-refractivity contribution in [3.05, 3.63) is 78.2 Å². The standard InChI is InChI=1S/C19H16N4O3/c1-26-19-16(5-3-11-21-19)18(25)22-14-8-6-13(7-9-14)17(24)23-15-4-2-10-20-12-15/h2-12H,1H3,(H,22,25)(H,23,24). The van der Waals surface area contributed by atoms with Crippen molar-refractivity contribution in [1.82, 2.24) is 9.97 Å². The molecule has 3 rings (SSSR count). The number of methoxy groups -OCH3 is 1. The fourth-order valence-electron chi connectivity index (χ4n) is 2.27. The van der Waals surface area contributed by atoms with Gasteiger partial charge in [0.05, 0.1) is 19.0 Å². The van der Waals surface area contributed by atoms with Gasteiger partial charge in [-0.25, -0.2) is 4.98 Å². The molecule has 0 aliphatic heterocycles. The average Bonchev–Trinajstić information content (AvgIpc) is 2.69. The Bertz CT molecular complexity index is 912.